The molecule has 2 nitrogen and oxygen atoms in total. The maximum absolute atomic E-state index is 8.36. The molecule has 2 heteroatoms. The normalized spacial score (nSPS) is 9.92. The summed E-state index contributed by atoms with van der Waals surface area (Å²) in [5, 5.41) is 8.36. The minimum Gasteiger partial charge on any atom is -0.497 e. The van der Waals surface area contributed by atoms with Crippen molar-refractivity contribution in [3.8, 4) is 11.8 Å². The predicted octanol–water partition coefficient (Wildman–Crippen LogP) is 2.54. The van der Waals surface area contributed by atoms with Crippen molar-refractivity contribution in [1.82, 2.24) is 0 Å². The highest BCUT2D eigenvalue weighted by Crippen LogP contribution is 2.17. The van der Waals surface area contributed by atoms with Gasteiger partial charge in [0.25, 0.3) is 0 Å². The van der Waals surface area contributed by atoms with Gasteiger partial charge >= 0.3 is 0 Å². The number of nitriles is 1. The highest BCUT2D eigenvalue weighted by molar-refractivity contribution is 5.56. The molecule has 1 aromatic carbocycles. The molecule has 0 radical (unpaired) electrons. The molecule has 0 saturated heterocycles. The molecule has 0 fully saturated rings. The second-order valence-corrected chi connectivity index (χ2v) is 2.68. The molecule has 0 aliphatic heterocycles. The largest absolute Gasteiger partial charge is 0.497 e. The summed E-state index contributed by atoms with van der Waals surface area (Å²) in [4.78, 5) is 0. The van der Waals surface area contributed by atoms with E-state index in [2.05, 4.69) is 0 Å². The molecule has 0 bridgehead atoms. The Kier molecular flexibility index (Phi) is 3.10. The molecule has 0 amide bonds. The van der Waals surface area contributed by atoms with Crippen molar-refractivity contribution in [2.45, 2.75) is 6.92 Å². The fraction of sp³-hybridized carbons (Fsp3) is 0.182. The molecule has 0 atom stereocenters. The van der Waals surface area contributed by atoms with Gasteiger partial charge in [0.2, 0.25) is 0 Å². The summed E-state index contributed by atoms with van der Waals surface area (Å²) in [5.74, 6) is 0.839. The third-order valence-corrected chi connectivity index (χ3v) is 1.81. The third-order valence-electron chi connectivity index (χ3n) is 1.81. The zero-order chi connectivity index (χ0) is 9.68. The molecule has 0 aromatic heterocycles. The molecule has 0 unspecified atom stereocenters. The number of methoxy groups -OCH3 is 1. The molecular weight excluding hydrogens is 162 g/mol. The van der Waals surface area contributed by atoms with Crippen LogP contribution in [-0.4, -0.2) is 7.11 Å². The number of hydrogen-bond acceptors (Lipinski definition) is 2. The van der Waals surface area contributed by atoms with Gasteiger partial charge in [0.15, 0.2) is 0 Å². The first-order valence-electron chi connectivity index (χ1n) is 3.98. The zero-order valence-electron chi connectivity index (χ0n) is 7.74. The summed E-state index contributed by atoms with van der Waals surface area (Å²) in [6.45, 7) is 1.99. The quantitative estimate of drug-likeness (QED) is 0.644. The highest BCUT2D eigenvalue weighted by Gasteiger charge is 1.95. The first-order valence-corrected chi connectivity index (χ1v) is 3.98. The average molecular weight is 173 g/mol. The summed E-state index contributed by atoms with van der Waals surface area (Å²) in [5.41, 5.74) is 2.15. The molecule has 0 heterocycles. The SMILES string of the molecule is COc1ccc(C=CC#N)c(C)c1. The number of aryl methyl sites for hydroxylation is 1. The van der Waals surface area contributed by atoms with Crippen LogP contribution in [0.5, 0.6) is 5.75 Å². The molecule has 1 aromatic rings. The fourth-order valence-corrected chi connectivity index (χ4v) is 1.09. The number of nitrogens with zero attached hydrogens (tertiary/aromatic N) is 1. The predicted molar refractivity (Wildman–Crippen MR) is 52.4 cm³/mol. The Hall–Kier alpha value is -1.75. The van der Waals surface area contributed by atoms with Crippen molar-refractivity contribution in [2.75, 3.05) is 7.11 Å². The van der Waals surface area contributed by atoms with Gasteiger partial charge in [-0.2, -0.15) is 5.26 Å². The van der Waals surface area contributed by atoms with Crippen molar-refractivity contribution >= 4 is 6.08 Å². The lowest BCUT2D eigenvalue weighted by atomic mass is 10.1. The van der Waals surface area contributed by atoms with Gasteiger partial charge in [0, 0.05) is 6.08 Å². The van der Waals surface area contributed by atoms with Crippen LogP contribution >= 0.6 is 0 Å². The van der Waals surface area contributed by atoms with Crippen molar-refractivity contribution in [1.29, 1.82) is 5.26 Å². The maximum Gasteiger partial charge on any atom is 0.119 e. The molecule has 0 N–H and O–H groups in total. The molecule has 0 aliphatic carbocycles. The Labute approximate surface area is 78.1 Å². The van der Waals surface area contributed by atoms with E-state index in [1.807, 2.05) is 31.2 Å². The van der Waals surface area contributed by atoms with E-state index in [0.29, 0.717) is 0 Å². The van der Waals surface area contributed by atoms with E-state index in [1.54, 1.807) is 13.2 Å². The Morgan fingerprint density at radius 3 is 2.77 bits per heavy atom. The minimum absolute atomic E-state index is 0.839. The van der Waals surface area contributed by atoms with Crippen LogP contribution in [-0.2, 0) is 0 Å². The standard InChI is InChI=1S/C11H11NO/c1-9-8-11(13-2)6-5-10(9)4-3-7-12/h3-6,8H,1-2H3. The van der Waals surface area contributed by atoms with E-state index in [4.69, 9.17) is 10.00 Å². The second-order valence-electron chi connectivity index (χ2n) is 2.68. The summed E-state index contributed by atoms with van der Waals surface area (Å²) in [6, 6.07) is 7.71. The van der Waals surface area contributed by atoms with Gasteiger partial charge in [-0.15, -0.1) is 0 Å². The minimum atomic E-state index is 0.839. The van der Waals surface area contributed by atoms with Gasteiger partial charge in [-0.25, -0.2) is 0 Å². The van der Waals surface area contributed by atoms with Gasteiger partial charge < -0.3 is 4.74 Å². The molecule has 0 saturated carbocycles. The molecule has 0 spiro atoms. The summed E-state index contributed by atoms with van der Waals surface area (Å²) in [7, 11) is 1.64. The lowest BCUT2D eigenvalue weighted by molar-refractivity contribution is 0.414. The lowest BCUT2D eigenvalue weighted by Gasteiger charge is -2.03. The Balaban J connectivity index is 3.00. The average Bonchev–Trinajstić information content (AvgIpc) is 2.16. The summed E-state index contributed by atoms with van der Waals surface area (Å²) in [6.07, 6.45) is 3.25. The van der Waals surface area contributed by atoms with E-state index in [0.717, 1.165) is 16.9 Å². The van der Waals surface area contributed by atoms with Crippen molar-refractivity contribution in [3.05, 3.63) is 35.4 Å². The number of rotatable bonds is 2. The molecule has 0 aliphatic rings. The van der Waals surface area contributed by atoms with Crippen LogP contribution in [0.4, 0.5) is 0 Å². The Bertz CT molecular complexity index is 361. The number of hydrogen-bond donors (Lipinski definition) is 0. The summed E-state index contributed by atoms with van der Waals surface area (Å²) < 4.78 is 5.07. The van der Waals surface area contributed by atoms with Crippen LogP contribution < -0.4 is 4.74 Å². The van der Waals surface area contributed by atoms with E-state index in [-0.39, 0.29) is 0 Å². The van der Waals surface area contributed by atoms with E-state index < -0.39 is 0 Å². The van der Waals surface area contributed by atoms with Crippen LogP contribution in [0.3, 0.4) is 0 Å². The summed E-state index contributed by atoms with van der Waals surface area (Å²) >= 11 is 0. The Morgan fingerprint density at radius 2 is 2.23 bits per heavy atom. The molecular formula is C11H11NO. The first kappa shape index (κ1) is 9.34. The molecule has 13 heavy (non-hydrogen) atoms. The van der Waals surface area contributed by atoms with Gasteiger partial charge in [-0.3, -0.25) is 0 Å². The van der Waals surface area contributed by atoms with Crippen molar-refractivity contribution in [3.63, 3.8) is 0 Å². The van der Waals surface area contributed by atoms with E-state index in [9.17, 15) is 0 Å². The van der Waals surface area contributed by atoms with Crippen LogP contribution in [0.25, 0.3) is 6.08 Å². The Morgan fingerprint density at radius 1 is 1.46 bits per heavy atom. The number of benzene rings is 1. The van der Waals surface area contributed by atoms with Crippen LogP contribution in [0.2, 0.25) is 0 Å². The second kappa shape index (κ2) is 4.32. The number of allylic oxidation sites excluding steroid dienone is 1. The fourth-order valence-electron chi connectivity index (χ4n) is 1.09. The smallest absolute Gasteiger partial charge is 0.119 e. The van der Waals surface area contributed by atoms with Gasteiger partial charge in [-0.1, -0.05) is 6.07 Å². The van der Waals surface area contributed by atoms with Crippen LogP contribution in [0.15, 0.2) is 24.3 Å². The lowest BCUT2D eigenvalue weighted by Crippen LogP contribution is -1.85. The zero-order valence-corrected chi connectivity index (χ0v) is 7.74. The number of ether oxygens (including phenoxy) is 1. The van der Waals surface area contributed by atoms with Gasteiger partial charge in [0.1, 0.15) is 5.75 Å². The maximum atomic E-state index is 8.36. The van der Waals surface area contributed by atoms with Crippen molar-refractivity contribution < 1.29 is 4.74 Å². The first-order chi connectivity index (χ1) is 6.27. The van der Waals surface area contributed by atoms with Crippen LogP contribution in [0.1, 0.15) is 11.1 Å². The topological polar surface area (TPSA) is 33.0 Å². The van der Waals surface area contributed by atoms with Crippen LogP contribution in [0, 0.1) is 18.3 Å². The highest BCUT2D eigenvalue weighted by atomic mass is 16.5. The third kappa shape index (κ3) is 2.34. The monoisotopic (exact) mass is 173 g/mol. The van der Waals surface area contributed by atoms with E-state index >= 15 is 0 Å². The molecule has 1 rings (SSSR count). The van der Waals surface area contributed by atoms with Crippen molar-refractivity contribution in [2.24, 2.45) is 0 Å². The van der Waals surface area contributed by atoms with Gasteiger partial charge in [0.05, 0.1) is 13.2 Å². The van der Waals surface area contributed by atoms with Gasteiger partial charge in [-0.05, 0) is 36.3 Å². The molecule has 66 valence electrons. The van der Waals surface area contributed by atoms with E-state index in [1.165, 1.54) is 6.08 Å².